The van der Waals surface area contributed by atoms with Crippen molar-refractivity contribution >= 4 is 17.3 Å². The molecule has 24 heavy (non-hydrogen) atoms. The van der Waals surface area contributed by atoms with Crippen LogP contribution < -0.4 is 4.90 Å². The molecule has 1 N–H and O–H groups in total. The van der Waals surface area contributed by atoms with E-state index < -0.39 is 4.92 Å². The fraction of sp³-hybridized carbons (Fsp3) is 0.588. The Bertz CT molecular complexity index is 620. The number of carbonyl (C=O) groups excluding carboxylic acids is 1. The zero-order valence-corrected chi connectivity index (χ0v) is 13.7. The minimum absolute atomic E-state index is 0.00740. The van der Waals surface area contributed by atoms with Crippen LogP contribution in [0.15, 0.2) is 18.2 Å². The van der Waals surface area contributed by atoms with Crippen LogP contribution in [-0.4, -0.2) is 53.6 Å². The van der Waals surface area contributed by atoms with E-state index in [2.05, 4.69) is 0 Å². The molecule has 7 heteroatoms. The van der Waals surface area contributed by atoms with E-state index in [9.17, 15) is 20.0 Å². The number of amides is 1. The molecule has 2 heterocycles. The molecule has 1 amide bonds. The molecule has 2 aliphatic rings. The molecule has 0 atom stereocenters. The molecule has 130 valence electrons. The molecule has 2 aliphatic heterocycles. The molecule has 0 unspecified atom stereocenters. The van der Waals surface area contributed by atoms with Crippen LogP contribution in [0.5, 0.6) is 0 Å². The van der Waals surface area contributed by atoms with Crippen LogP contribution in [0.1, 0.15) is 36.0 Å². The maximum absolute atomic E-state index is 12.6. The summed E-state index contributed by atoms with van der Waals surface area (Å²) in [6.07, 6.45) is 3.63. The number of aliphatic hydroxyl groups excluding tert-OH is 1. The first-order valence-corrected chi connectivity index (χ1v) is 8.53. The number of hydrogen-bond donors (Lipinski definition) is 1. The van der Waals surface area contributed by atoms with Gasteiger partial charge in [0.05, 0.1) is 4.92 Å². The molecule has 0 bridgehead atoms. The highest BCUT2D eigenvalue weighted by atomic mass is 16.6. The topological polar surface area (TPSA) is 86.9 Å². The Kier molecular flexibility index (Phi) is 4.99. The van der Waals surface area contributed by atoms with Gasteiger partial charge in [0.2, 0.25) is 0 Å². The lowest BCUT2D eigenvalue weighted by atomic mass is 9.97. The highest BCUT2D eigenvalue weighted by Crippen LogP contribution is 2.32. The Morgan fingerprint density at radius 2 is 1.88 bits per heavy atom. The summed E-state index contributed by atoms with van der Waals surface area (Å²) in [4.78, 5) is 27.4. The molecule has 0 aromatic heterocycles. The average molecular weight is 333 g/mol. The number of nitro groups is 1. The van der Waals surface area contributed by atoms with Crippen LogP contribution in [0.4, 0.5) is 11.4 Å². The number of benzene rings is 1. The van der Waals surface area contributed by atoms with Crippen LogP contribution in [0.25, 0.3) is 0 Å². The van der Waals surface area contributed by atoms with Gasteiger partial charge in [-0.15, -0.1) is 0 Å². The zero-order chi connectivity index (χ0) is 17.1. The lowest BCUT2D eigenvalue weighted by molar-refractivity contribution is -0.384. The molecule has 0 radical (unpaired) electrons. The van der Waals surface area contributed by atoms with Crippen LogP contribution in [0.2, 0.25) is 0 Å². The second kappa shape index (κ2) is 7.17. The van der Waals surface area contributed by atoms with Crippen molar-refractivity contribution in [2.75, 3.05) is 37.7 Å². The SMILES string of the molecule is O=C(c1ccc(N2CCCC2)c([N+](=O)[O-])c1)N1CCC(CO)CC1. The molecule has 2 saturated heterocycles. The van der Waals surface area contributed by atoms with Crippen molar-refractivity contribution in [3.8, 4) is 0 Å². The van der Waals surface area contributed by atoms with Gasteiger partial charge in [-0.05, 0) is 43.7 Å². The quantitative estimate of drug-likeness (QED) is 0.673. The molecular weight excluding hydrogens is 310 g/mol. The van der Waals surface area contributed by atoms with E-state index in [1.807, 2.05) is 4.90 Å². The van der Waals surface area contributed by atoms with Gasteiger partial charge in [0.1, 0.15) is 5.69 Å². The van der Waals surface area contributed by atoms with Gasteiger partial charge in [-0.1, -0.05) is 0 Å². The van der Waals surface area contributed by atoms with Gasteiger partial charge in [0.15, 0.2) is 0 Å². The Morgan fingerprint density at radius 1 is 1.21 bits per heavy atom. The van der Waals surface area contributed by atoms with E-state index in [0.717, 1.165) is 38.8 Å². The Hall–Kier alpha value is -2.15. The van der Waals surface area contributed by atoms with E-state index in [1.54, 1.807) is 17.0 Å². The number of nitro benzene ring substituents is 1. The van der Waals surface area contributed by atoms with Crippen molar-refractivity contribution in [2.24, 2.45) is 5.92 Å². The lowest BCUT2D eigenvalue weighted by Crippen LogP contribution is -2.39. The molecule has 7 nitrogen and oxygen atoms in total. The normalized spacial score (nSPS) is 18.9. The van der Waals surface area contributed by atoms with Crippen LogP contribution in [-0.2, 0) is 0 Å². The molecule has 1 aromatic rings. The monoisotopic (exact) mass is 333 g/mol. The average Bonchev–Trinajstić information content (AvgIpc) is 3.15. The van der Waals surface area contributed by atoms with Crippen molar-refractivity contribution in [3.63, 3.8) is 0 Å². The fourth-order valence-corrected chi connectivity index (χ4v) is 3.53. The van der Waals surface area contributed by atoms with E-state index in [0.29, 0.717) is 24.3 Å². The highest BCUT2D eigenvalue weighted by Gasteiger charge is 2.27. The van der Waals surface area contributed by atoms with E-state index >= 15 is 0 Å². The molecule has 2 fully saturated rings. The summed E-state index contributed by atoms with van der Waals surface area (Å²) in [5.41, 5.74) is 0.980. The van der Waals surface area contributed by atoms with Crippen molar-refractivity contribution in [2.45, 2.75) is 25.7 Å². The van der Waals surface area contributed by atoms with Crippen LogP contribution >= 0.6 is 0 Å². The first-order chi connectivity index (χ1) is 11.6. The van der Waals surface area contributed by atoms with Crippen LogP contribution in [0, 0.1) is 16.0 Å². The van der Waals surface area contributed by atoms with Gasteiger partial charge in [-0.25, -0.2) is 0 Å². The van der Waals surface area contributed by atoms with Gasteiger partial charge in [-0.2, -0.15) is 0 Å². The number of carbonyl (C=O) groups is 1. The summed E-state index contributed by atoms with van der Waals surface area (Å²) in [6.45, 7) is 2.97. The third-order valence-electron chi connectivity index (χ3n) is 5.03. The third kappa shape index (κ3) is 3.36. The fourth-order valence-electron chi connectivity index (χ4n) is 3.53. The molecule has 0 aliphatic carbocycles. The summed E-state index contributed by atoms with van der Waals surface area (Å²) < 4.78 is 0. The predicted octanol–water partition coefficient (Wildman–Crippen LogP) is 2.04. The van der Waals surface area contributed by atoms with Gasteiger partial charge >= 0.3 is 0 Å². The van der Waals surface area contributed by atoms with Crippen molar-refractivity contribution in [1.82, 2.24) is 4.90 Å². The molecule has 0 spiro atoms. The van der Waals surface area contributed by atoms with E-state index in [-0.39, 0.29) is 24.1 Å². The summed E-state index contributed by atoms with van der Waals surface area (Å²) in [5.74, 6) is 0.0865. The Balaban J connectivity index is 1.79. The lowest BCUT2D eigenvalue weighted by Gasteiger charge is -2.31. The largest absolute Gasteiger partial charge is 0.396 e. The van der Waals surface area contributed by atoms with Gasteiger partial charge in [0, 0.05) is 44.4 Å². The van der Waals surface area contributed by atoms with Crippen molar-refractivity contribution in [3.05, 3.63) is 33.9 Å². The van der Waals surface area contributed by atoms with Crippen molar-refractivity contribution in [1.29, 1.82) is 0 Å². The minimum Gasteiger partial charge on any atom is -0.396 e. The number of nitrogens with zero attached hydrogens (tertiary/aromatic N) is 3. The standard InChI is InChI=1S/C17H23N3O4/c21-12-13-5-9-19(10-6-13)17(22)14-3-4-15(16(11-14)20(23)24)18-7-1-2-8-18/h3-4,11,13,21H,1-2,5-10,12H2. The smallest absolute Gasteiger partial charge is 0.293 e. The number of likely N-dealkylation sites (tertiary alicyclic amines) is 1. The number of piperidine rings is 1. The summed E-state index contributed by atoms with van der Waals surface area (Å²) in [7, 11) is 0. The van der Waals surface area contributed by atoms with Gasteiger partial charge in [0.25, 0.3) is 11.6 Å². The summed E-state index contributed by atoms with van der Waals surface area (Å²) in [6, 6.07) is 4.81. The zero-order valence-electron chi connectivity index (χ0n) is 13.7. The maximum atomic E-state index is 12.6. The second-order valence-electron chi connectivity index (χ2n) is 6.57. The molecule has 0 saturated carbocycles. The molecule has 1 aromatic carbocycles. The van der Waals surface area contributed by atoms with Gasteiger partial charge < -0.3 is 14.9 Å². The van der Waals surface area contributed by atoms with Crippen LogP contribution in [0.3, 0.4) is 0 Å². The molecule has 3 rings (SSSR count). The van der Waals surface area contributed by atoms with E-state index in [4.69, 9.17) is 0 Å². The number of aliphatic hydroxyl groups is 1. The first-order valence-electron chi connectivity index (χ1n) is 8.53. The van der Waals surface area contributed by atoms with Gasteiger partial charge in [-0.3, -0.25) is 14.9 Å². The van der Waals surface area contributed by atoms with Crippen molar-refractivity contribution < 1.29 is 14.8 Å². The highest BCUT2D eigenvalue weighted by molar-refractivity contribution is 5.96. The Labute approximate surface area is 141 Å². The first kappa shape index (κ1) is 16.7. The number of hydrogen-bond acceptors (Lipinski definition) is 5. The predicted molar refractivity (Wildman–Crippen MR) is 90.3 cm³/mol. The summed E-state index contributed by atoms with van der Waals surface area (Å²) >= 11 is 0. The Morgan fingerprint density at radius 3 is 2.46 bits per heavy atom. The minimum atomic E-state index is -0.400. The second-order valence-corrected chi connectivity index (χ2v) is 6.57. The number of anilines is 1. The third-order valence-corrected chi connectivity index (χ3v) is 5.03. The summed E-state index contributed by atoms with van der Waals surface area (Å²) in [5, 5.41) is 20.6. The van der Waals surface area contributed by atoms with E-state index in [1.165, 1.54) is 6.07 Å². The number of rotatable bonds is 4. The maximum Gasteiger partial charge on any atom is 0.293 e. The molecular formula is C17H23N3O4.